The SMILES string of the molecule is Cc1csc(NC(=O)Cc2c(C)n(C)c3ccccc23)n1. The van der Waals surface area contributed by atoms with E-state index >= 15 is 0 Å². The third-order valence-corrected chi connectivity index (χ3v) is 4.61. The molecule has 0 aliphatic rings. The zero-order valence-corrected chi connectivity index (χ0v) is 13.1. The number of rotatable bonds is 3. The summed E-state index contributed by atoms with van der Waals surface area (Å²) in [5.41, 5.74) is 4.29. The van der Waals surface area contributed by atoms with Crippen LogP contribution in [0.15, 0.2) is 29.6 Å². The first-order chi connectivity index (χ1) is 10.1. The van der Waals surface area contributed by atoms with Gasteiger partial charge in [-0.25, -0.2) is 4.98 Å². The molecule has 0 spiro atoms. The van der Waals surface area contributed by atoms with Crippen LogP contribution in [-0.4, -0.2) is 15.5 Å². The second kappa shape index (κ2) is 5.33. The molecule has 0 radical (unpaired) electrons. The number of hydrogen-bond donors (Lipinski definition) is 1. The maximum Gasteiger partial charge on any atom is 0.230 e. The van der Waals surface area contributed by atoms with E-state index < -0.39 is 0 Å². The van der Waals surface area contributed by atoms with E-state index in [4.69, 9.17) is 0 Å². The predicted molar refractivity (Wildman–Crippen MR) is 86.8 cm³/mol. The van der Waals surface area contributed by atoms with Gasteiger partial charge in [0.05, 0.1) is 12.1 Å². The first-order valence-electron chi connectivity index (χ1n) is 6.81. The molecule has 0 saturated heterocycles. The van der Waals surface area contributed by atoms with Gasteiger partial charge in [0.2, 0.25) is 5.91 Å². The molecule has 0 fully saturated rings. The summed E-state index contributed by atoms with van der Waals surface area (Å²) in [7, 11) is 2.03. The molecule has 1 aromatic carbocycles. The summed E-state index contributed by atoms with van der Waals surface area (Å²) >= 11 is 1.45. The molecule has 0 unspecified atom stereocenters. The average molecular weight is 299 g/mol. The van der Waals surface area contributed by atoms with Crippen molar-refractivity contribution >= 4 is 33.3 Å². The van der Waals surface area contributed by atoms with Gasteiger partial charge in [-0.2, -0.15) is 0 Å². The summed E-state index contributed by atoms with van der Waals surface area (Å²) in [5, 5.41) is 6.60. The maximum absolute atomic E-state index is 12.2. The molecule has 21 heavy (non-hydrogen) atoms. The molecular weight excluding hydrogens is 282 g/mol. The lowest BCUT2D eigenvalue weighted by Gasteiger charge is -2.03. The van der Waals surface area contributed by atoms with Crippen LogP contribution >= 0.6 is 11.3 Å². The molecule has 3 aromatic rings. The Hall–Kier alpha value is -2.14. The second-order valence-electron chi connectivity index (χ2n) is 5.16. The van der Waals surface area contributed by atoms with Gasteiger partial charge in [-0.05, 0) is 25.5 Å². The largest absolute Gasteiger partial charge is 0.348 e. The van der Waals surface area contributed by atoms with E-state index in [-0.39, 0.29) is 5.91 Å². The molecule has 5 heteroatoms. The van der Waals surface area contributed by atoms with Crippen LogP contribution in [0, 0.1) is 13.8 Å². The van der Waals surface area contributed by atoms with Gasteiger partial charge in [-0.3, -0.25) is 4.79 Å². The molecule has 0 aliphatic heterocycles. The van der Waals surface area contributed by atoms with Gasteiger partial charge < -0.3 is 9.88 Å². The number of carbonyl (C=O) groups is 1. The lowest BCUT2D eigenvalue weighted by atomic mass is 10.1. The van der Waals surface area contributed by atoms with Crippen molar-refractivity contribution in [3.8, 4) is 0 Å². The highest BCUT2D eigenvalue weighted by molar-refractivity contribution is 7.13. The van der Waals surface area contributed by atoms with E-state index in [1.54, 1.807) is 0 Å². The normalized spacial score (nSPS) is 11.0. The Bertz CT molecular complexity index is 816. The number of hydrogen-bond acceptors (Lipinski definition) is 3. The van der Waals surface area contributed by atoms with E-state index in [0.29, 0.717) is 11.6 Å². The standard InChI is InChI=1S/C16H17N3OS/c1-10-9-21-16(17-10)18-15(20)8-13-11(2)19(3)14-7-5-4-6-12(13)14/h4-7,9H,8H2,1-3H3,(H,17,18,20). The van der Waals surface area contributed by atoms with Crippen LogP contribution in [0.25, 0.3) is 10.9 Å². The molecule has 0 saturated carbocycles. The number of aromatic nitrogens is 2. The minimum Gasteiger partial charge on any atom is -0.348 e. The molecule has 2 heterocycles. The van der Waals surface area contributed by atoms with Crippen molar-refractivity contribution in [2.45, 2.75) is 20.3 Å². The summed E-state index contributed by atoms with van der Waals surface area (Å²) in [4.78, 5) is 16.5. The van der Waals surface area contributed by atoms with Crippen LogP contribution in [0.5, 0.6) is 0 Å². The van der Waals surface area contributed by atoms with Crippen LogP contribution in [0.1, 0.15) is 17.0 Å². The van der Waals surface area contributed by atoms with E-state index in [0.717, 1.165) is 27.9 Å². The van der Waals surface area contributed by atoms with E-state index in [1.165, 1.54) is 11.3 Å². The molecular formula is C16H17N3OS. The first kappa shape index (κ1) is 13.8. The maximum atomic E-state index is 12.2. The summed E-state index contributed by atoms with van der Waals surface area (Å²) in [6, 6.07) is 8.17. The fourth-order valence-electron chi connectivity index (χ4n) is 2.56. The van der Waals surface area contributed by atoms with Crippen LogP contribution in [-0.2, 0) is 18.3 Å². The Morgan fingerprint density at radius 3 is 2.81 bits per heavy atom. The van der Waals surface area contributed by atoms with E-state index in [9.17, 15) is 4.79 Å². The third-order valence-electron chi connectivity index (χ3n) is 3.73. The number of nitrogens with zero attached hydrogens (tertiary/aromatic N) is 2. The Kier molecular flexibility index (Phi) is 3.51. The van der Waals surface area contributed by atoms with Crippen molar-refractivity contribution in [1.29, 1.82) is 0 Å². The van der Waals surface area contributed by atoms with Gasteiger partial charge in [0.1, 0.15) is 0 Å². The van der Waals surface area contributed by atoms with Crippen molar-refractivity contribution < 1.29 is 4.79 Å². The minimum atomic E-state index is -0.0243. The quantitative estimate of drug-likeness (QED) is 0.805. The van der Waals surface area contributed by atoms with Crippen molar-refractivity contribution in [1.82, 2.24) is 9.55 Å². The van der Waals surface area contributed by atoms with Crippen molar-refractivity contribution in [2.75, 3.05) is 5.32 Å². The molecule has 1 N–H and O–H groups in total. The lowest BCUT2D eigenvalue weighted by molar-refractivity contribution is -0.115. The van der Waals surface area contributed by atoms with Gasteiger partial charge in [-0.1, -0.05) is 18.2 Å². The molecule has 0 bridgehead atoms. The number of nitrogens with one attached hydrogen (secondary N) is 1. The van der Waals surface area contributed by atoms with E-state index in [2.05, 4.69) is 33.9 Å². The fourth-order valence-corrected chi connectivity index (χ4v) is 3.26. The minimum absolute atomic E-state index is 0.0243. The lowest BCUT2D eigenvalue weighted by Crippen LogP contribution is -2.14. The smallest absolute Gasteiger partial charge is 0.230 e. The van der Waals surface area contributed by atoms with Gasteiger partial charge in [0.25, 0.3) is 0 Å². The molecule has 3 rings (SSSR count). The molecule has 4 nitrogen and oxygen atoms in total. The van der Waals surface area contributed by atoms with Gasteiger partial charge >= 0.3 is 0 Å². The number of para-hydroxylation sites is 1. The molecule has 0 atom stereocenters. The number of carbonyl (C=O) groups excluding carboxylic acids is 1. The van der Waals surface area contributed by atoms with Gasteiger partial charge in [0, 0.05) is 29.0 Å². The Morgan fingerprint density at radius 2 is 2.10 bits per heavy atom. The highest BCUT2D eigenvalue weighted by Gasteiger charge is 2.15. The fraction of sp³-hybridized carbons (Fsp3) is 0.250. The van der Waals surface area contributed by atoms with Crippen LogP contribution < -0.4 is 5.32 Å². The van der Waals surface area contributed by atoms with E-state index in [1.807, 2.05) is 31.5 Å². The number of anilines is 1. The number of thiazole rings is 1. The number of aryl methyl sites for hydroxylation is 2. The highest BCUT2D eigenvalue weighted by Crippen LogP contribution is 2.25. The molecule has 108 valence electrons. The zero-order valence-electron chi connectivity index (χ0n) is 12.3. The Morgan fingerprint density at radius 1 is 1.33 bits per heavy atom. The summed E-state index contributed by atoms with van der Waals surface area (Å²) in [6.07, 6.45) is 0.367. The van der Waals surface area contributed by atoms with Crippen LogP contribution in [0.3, 0.4) is 0 Å². The van der Waals surface area contributed by atoms with Gasteiger partial charge in [-0.15, -0.1) is 11.3 Å². The predicted octanol–water partition coefficient (Wildman–Crippen LogP) is 3.43. The highest BCUT2D eigenvalue weighted by atomic mass is 32.1. The van der Waals surface area contributed by atoms with Crippen LogP contribution in [0.4, 0.5) is 5.13 Å². The number of amides is 1. The van der Waals surface area contributed by atoms with Crippen LogP contribution in [0.2, 0.25) is 0 Å². The Labute approximate surface area is 127 Å². The second-order valence-corrected chi connectivity index (χ2v) is 6.02. The average Bonchev–Trinajstić information content (AvgIpc) is 2.97. The first-order valence-corrected chi connectivity index (χ1v) is 7.69. The Balaban J connectivity index is 1.88. The zero-order chi connectivity index (χ0) is 15.0. The third kappa shape index (κ3) is 2.56. The number of fused-ring (bicyclic) bond motifs is 1. The topological polar surface area (TPSA) is 46.9 Å². The van der Waals surface area contributed by atoms with Crippen molar-refractivity contribution in [3.05, 3.63) is 46.6 Å². The summed E-state index contributed by atoms with van der Waals surface area (Å²) in [5.74, 6) is -0.0243. The summed E-state index contributed by atoms with van der Waals surface area (Å²) < 4.78 is 2.13. The molecule has 2 aromatic heterocycles. The molecule has 0 aliphatic carbocycles. The summed E-state index contributed by atoms with van der Waals surface area (Å²) in [6.45, 7) is 3.97. The monoisotopic (exact) mass is 299 g/mol. The number of benzene rings is 1. The molecule has 1 amide bonds. The van der Waals surface area contributed by atoms with Crippen molar-refractivity contribution in [2.24, 2.45) is 7.05 Å². The van der Waals surface area contributed by atoms with Gasteiger partial charge in [0.15, 0.2) is 5.13 Å². The van der Waals surface area contributed by atoms with Crippen molar-refractivity contribution in [3.63, 3.8) is 0 Å².